The summed E-state index contributed by atoms with van der Waals surface area (Å²) >= 11 is 0. The Bertz CT molecular complexity index is 423. The highest BCUT2D eigenvalue weighted by Gasteiger charge is 2.21. The molecule has 1 unspecified atom stereocenters. The number of amides is 1. The molecule has 1 aromatic heterocycles. The van der Waals surface area contributed by atoms with Crippen molar-refractivity contribution < 1.29 is 9.53 Å². The largest absolute Gasteiger partial charge is 0.490 e. The fourth-order valence-corrected chi connectivity index (χ4v) is 1.76. The normalized spacial score (nSPS) is 18.9. The molecule has 4 N–H and O–H groups in total. The monoisotopic (exact) mass is 237 g/mol. The van der Waals surface area contributed by atoms with Gasteiger partial charge in [0.2, 0.25) is 11.7 Å². The van der Waals surface area contributed by atoms with Crippen LogP contribution in [0.5, 0.6) is 5.75 Å². The molecule has 0 aromatic carbocycles. The Kier molecular flexibility index (Phi) is 3.27. The van der Waals surface area contributed by atoms with E-state index in [0.29, 0.717) is 30.4 Å². The molecule has 1 aliphatic rings. The molecule has 1 aliphatic heterocycles. The zero-order valence-corrected chi connectivity index (χ0v) is 9.56. The van der Waals surface area contributed by atoms with Gasteiger partial charge in [0.15, 0.2) is 11.6 Å². The van der Waals surface area contributed by atoms with Gasteiger partial charge in [-0.25, -0.2) is 9.97 Å². The summed E-state index contributed by atoms with van der Waals surface area (Å²) in [6.07, 6.45) is 2.78. The summed E-state index contributed by atoms with van der Waals surface area (Å²) < 4.78 is 5.11. The number of hydrogen-bond acceptors (Lipinski definition) is 6. The maximum atomic E-state index is 11.0. The predicted octanol–water partition coefficient (Wildman–Crippen LogP) is -0.242. The third kappa shape index (κ3) is 2.55. The van der Waals surface area contributed by atoms with Gasteiger partial charge in [-0.05, 0) is 6.42 Å². The van der Waals surface area contributed by atoms with Crippen LogP contribution in [-0.4, -0.2) is 35.6 Å². The minimum Gasteiger partial charge on any atom is -0.490 e. The van der Waals surface area contributed by atoms with Crippen molar-refractivity contribution >= 4 is 17.5 Å². The van der Waals surface area contributed by atoms with Crippen LogP contribution in [0.15, 0.2) is 6.33 Å². The molecular weight excluding hydrogens is 222 g/mol. The topological polar surface area (TPSA) is 102 Å². The van der Waals surface area contributed by atoms with Gasteiger partial charge in [0, 0.05) is 19.0 Å². The molecule has 7 heteroatoms. The fraction of sp³-hybridized carbons (Fsp3) is 0.500. The molecule has 0 spiro atoms. The zero-order valence-electron chi connectivity index (χ0n) is 9.56. The van der Waals surface area contributed by atoms with E-state index in [-0.39, 0.29) is 11.9 Å². The number of rotatable bonds is 4. The summed E-state index contributed by atoms with van der Waals surface area (Å²) in [6.45, 7) is 0.596. The highest BCUT2D eigenvalue weighted by atomic mass is 16.5. The maximum Gasteiger partial charge on any atom is 0.220 e. The first-order valence-corrected chi connectivity index (χ1v) is 5.38. The smallest absolute Gasteiger partial charge is 0.220 e. The molecule has 17 heavy (non-hydrogen) atoms. The summed E-state index contributed by atoms with van der Waals surface area (Å²) in [5, 5.41) is 5.96. The number of nitrogens with two attached hydrogens (primary N) is 1. The average molecular weight is 237 g/mol. The minimum absolute atomic E-state index is 0.0889. The van der Waals surface area contributed by atoms with Crippen LogP contribution in [0.4, 0.5) is 11.6 Å². The molecule has 1 amide bonds. The summed E-state index contributed by atoms with van der Waals surface area (Å²) in [5.74, 6) is 1.35. The van der Waals surface area contributed by atoms with Gasteiger partial charge in [-0.1, -0.05) is 0 Å². The number of methoxy groups -OCH3 is 1. The zero-order chi connectivity index (χ0) is 12.3. The van der Waals surface area contributed by atoms with E-state index in [4.69, 9.17) is 10.5 Å². The number of carbonyl (C=O) groups is 1. The first-order chi connectivity index (χ1) is 8.20. The van der Waals surface area contributed by atoms with Gasteiger partial charge in [0.25, 0.3) is 0 Å². The molecule has 1 atom stereocenters. The lowest BCUT2D eigenvalue weighted by molar-refractivity contribution is -0.119. The summed E-state index contributed by atoms with van der Waals surface area (Å²) in [6, 6.07) is 0.128. The van der Waals surface area contributed by atoms with Crippen molar-refractivity contribution in [3.05, 3.63) is 6.33 Å². The van der Waals surface area contributed by atoms with E-state index in [1.807, 2.05) is 0 Å². The van der Waals surface area contributed by atoms with Gasteiger partial charge in [-0.15, -0.1) is 0 Å². The Morgan fingerprint density at radius 3 is 3.12 bits per heavy atom. The van der Waals surface area contributed by atoms with Gasteiger partial charge < -0.3 is 21.1 Å². The minimum atomic E-state index is 0.0889. The molecule has 0 saturated carbocycles. The van der Waals surface area contributed by atoms with Crippen LogP contribution in [0.25, 0.3) is 0 Å². The maximum absolute atomic E-state index is 11.0. The van der Waals surface area contributed by atoms with E-state index in [9.17, 15) is 4.79 Å². The van der Waals surface area contributed by atoms with Crippen molar-refractivity contribution in [1.29, 1.82) is 0 Å². The summed E-state index contributed by atoms with van der Waals surface area (Å²) in [7, 11) is 1.51. The third-order valence-electron chi connectivity index (χ3n) is 2.64. The first kappa shape index (κ1) is 11.4. The highest BCUT2D eigenvalue weighted by molar-refractivity contribution is 5.78. The van der Waals surface area contributed by atoms with Gasteiger partial charge in [0.05, 0.1) is 7.11 Å². The number of nitrogens with zero attached hydrogens (tertiary/aromatic N) is 2. The van der Waals surface area contributed by atoms with Gasteiger partial charge in [-0.3, -0.25) is 4.79 Å². The number of anilines is 2. The molecule has 0 bridgehead atoms. The van der Waals surface area contributed by atoms with E-state index in [1.54, 1.807) is 0 Å². The highest BCUT2D eigenvalue weighted by Crippen LogP contribution is 2.26. The lowest BCUT2D eigenvalue weighted by Gasteiger charge is -2.14. The van der Waals surface area contributed by atoms with Crippen molar-refractivity contribution in [2.75, 3.05) is 24.7 Å². The molecule has 7 nitrogen and oxygen atoms in total. The number of nitrogens with one attached hydrogen (secondary N) is 2. The second-order valence-electron chi connectivity index (χ2n) is 3.82. The van der Waals surface area contributed by atoms with Crippen LogP contribution in [0.1, 0.15) is 12.8 Å². The van der Waals surface area contributed by atoms with Crippen LogP contribution >= 0.6 is 0 Å². The third-order valence-corrected chi connectivity index (χ3v) is 2.64. The number of aromatic nitrogens is 2. The van der Waals surface area contributed by atoms with Crippen molar-refractivity contribution in [3.8, 4) is 5.75 Å². The SMILES string of the molecule is COc1c(N)ncnc1NCC1CCC(=O)N1. The van der Waals surface area contributed by atoms with Crippen LogP contribution < -0.4 is 21.1 Å². The molecule has 0 aliphatic carbocycles. The Labute approximate surface area is 98.8 Å². The number of carbonyl (C=O) groups excluding carboxylic acids is 1. The first-order valence-electron chi connectivity index (χ1n) is 5.38. The lowest BCUT2D eigenvalue weighted by atomic mass is 10.2. The quantitative estimate of drug-likeness (QED) is 0.668. The Hall–Kier alpha value is -2.05. The molecule has 92 valence electrons. The van der Waals surface area contributed by atoms with E-state index >= 15 is 0 Å². The predicted molar refractivity (Wildman–Crippen MR) is 62.7 cm³/mol. The molecule has 2 rings (SSSR count). The van der Waals surface area contributed by atoms with Crippen LogP contribution in [0.2, 0.25) is 0 Å². The van der Waals surface area contributed by atoms with Crippen LogP contribution in [0, 0.1) is 0 Å². The van der Waals surface area contributed by atoms with Gasteiger partial charge in [-0.2, -0.15) is 0 Å². The molecule has 0 radical (unpaired) electrons. The van der Waals surface area contributed by atoms with E-state index in [2.05, 4.69) is 20.6 Å². The summed E-state index contributed by atoms with van der Waals surface area (Å²) in [4.78, 5) is 18.9. The molecule has 1 fully saturated rings. The van der Waals surface area contributed by atoms with Crippen molar-refractivity contribution in [2.45, 2.75) is 18.9 Å². The van der Waals surface area contributed by atoms with Crippen molar-refractivity contribution in [2.24, 2.45) is 0 Å². The Morgan fingerprint density at radius 2 is 2.47 bits per heavy atom. The van der Waals surface area contributed by atoms with E-state index in [1.165, 1.54) is 13.4 Å². The molecular formula is C10H15N5O2. The van der Waals surface area contributed by atoms with Crippen LogP contribution in [0.3, 0.4) is 0 Å². The average Bonchev–Trinajstić information content (AvgIpc) is 2.72. The van der Waals surface area contributed by atoms with Crippen molar-refractivity contribution in [3.63, 3.8) is 0 Å². The van der Waals surface area contributed by atoms with E-state index < -0.39 is 0 Å². The van der Waals surface area contributed by atoms with Crippen LogP contribution in [-0.2, 0) is 4.79 Å². The molecule has 2 heterocycles. The lowest BCUT2D eigenvalue weighted by Crippen LogP contribution is -2.32. The number of nitrogen functional groups attached to an aromatic ring is 1. The second-order valence-corrected chi connectivity index (χ2v) is 3.82. The van der Waals surface area contributed by atoms with Crippen molar-refractivity contribution in [1.82, 2.24) is 15.3 Å². The van der Waals surface area contributed by atoms with Gasteiger partial charge >= 0.3 is 0 Å². The molecule has 1 saturated heterocycles. The molecule has 1 aromatic rings. The summed E-state index contributed by atoms with van der Waals surface area (Å²) in [5.41, 5.74) is 5.65. The Morgan fingerprint density at radius 1 is 1.65 bits per heavy atom. The number of hydrogen-bond donors (Lipinski definition) is 3. The fourth-order valence-electron chi connectivity index (χ4n) is 1.76. The second kappa shape index (κ2) is 4.86. The van der Waals surface area contributed by atoms with Gasteiger partial charge in [0.1, 0.15) is 6.33 Å². The Balaban J connectivity index is 1.99. The van der Waals surface area contributed by atoms with E-state index in [0.717, 1.165) is 6.42 Å². The number of ether oxygens (including phenoxy) is 1. The standard InChI is InChI=1S/C10H15N5O2/c1-17-8-9(11)13-5-14-10(8)12-4-6-2-3-7(16)15-6/h5-6H,2-4H2,1H3,(H,15,16)(H3,11,12,13,14).